The van der Waals surface area contributed by atoms with Gasteiger partial charge < -0.3 is 9.64 Å². The number of aromatic nitrogens is 3. The molecule has 0 spiro atoms. The molecule has 29 heavy (non-hydrogen) atoms. The first-order valence-electron chi connectivity index (χ1n) is 8.74. The Bertz CT molecular complexity index is 1120. The van der Waals surface area contributed by atoms with Crippen LogP contribution in [0.1, 0.15) is 5.69 Å². The van der Waals surface area contributed by atoms with E-state index in [2.05, 4.69) is 9.97 Å². The maximum atomic E-state index is 12.7. The Morgan fingerprint density at radius 2 is 1.90 bits per heavy atom. The van der Waals surface area contributed by atoms with Crippen LogP contribution in [0.5, 0.6) is 5.88 Å². The van der Waals surface area contributed by atoms with Gasteiger partial charge in [-0.25, -0.2) is 9.97 Å². The summed E-state index contributed by atoms with van der Waals surface area (Å²) in [5, 5.41) is 0.420. The lowest BCUT2D eigenvalue weighted by atomic mass is 10.1. The van der Waals surface area contributed by atoms with Gasteiger partial charge in [0, 0.05) is 6.07 Å². The van der Waals surface area contributed by atoms with Crippen molar-refractivity contribution in [3.8, 4) is 5.88 Å². The highest BCUT2D eigenvalue weighted by atomic mass is 19.4. The second kappa shape index (κ2) is 7.19. The molecule has 2 aromatic heterocycles. The third-order valence-corrected chi connectivity index (χ3v) is 4.54. The Kier molecular flexibility index (Phi) is 4.69. The molecule has 1 aromatic carbocycles. The Morgan fingerprint density at radius 3 is 2.66 bits per heavy atom. The van der Waals surface area contributed by atoms with E-state index >= 15 is 0 Å². The van der Waals surface area contributed by atoms with Crippen LogP contribution in [0.15, 0.2) is 53.6 Å². The lowest BCUT2D eigenvalue weighted by molar-refractivity contribution is -0.142. The van der Waals surface area contributed by atoms with E-state index in [4.69, 9.17) is 4.74 Å². The lowest BCUT2D eigenvalue weighted by Crippen LogP contribution is -2.57. The summed E-state index contributed by atoms with van der Waals surface area (Å²) in [6.07, 6.45) is -3.69. The van der Waals surface area contributed by atoms with E-state index < -0.39 is 18.0 Å². The van der Waals surface area contributed by atoms with Crippen molar-refractivity contribution < 1.29 is 22.7 Å². The third-order valence-electron chi connectivity index (χ3n) is 4.54. The van der Waals surface area contributed by atoms with E-state index in [0.717, 1.165) is 6.07 Å². The smallest absolute Gasteiger partial charge is 0.433 e. The van der Waals surface area contributed by atoms with Crippen LogP contribution in [0.4, 0.5) is 13.2 Å². The normalized spacial score (nSPS) is 14.7. The molecular weight excluding hydrogens is 389 g/mol. The van der Waals surface area contributed by atoms with Crippen LogP contribution in [-0.2, 0) is 17.5 Å². The number of hydrogen-bond acceptors (Lipinski definition) is 5. The predicted molar refractivity (Wildman–Crippen MR) is 96.2 cm³/mol. The molecule has 0 saturated carbocycles. The van der Waals surface area contributed by atoms with Crippen LogP contribution in [-0.4, -0.2) is 44.5 Å². The molecule has 1 saturated heterocycles. The van der Waals surface area contributed by atoms with Crippen molar-refractivity contribution in [3.63, 3.8) is 0 Å². The number of alkyl halides is 3. The highest BCUT2D eigenvalue weighted by Crippen LogP contribution is 2.29. The largest absolute Gasteiger partial charge is 0.471 e. The van der Waals surface area contributed by atoms with E-state index in [-0.39, 0.29) is 37.0 Å². The number of para-hydroxylation sites is 1. The molecule has 1 aliphatic rings. The standard InChI is InChI=1S/C19H15F3N4O3/c20-19(21,22)15-6-3-7-16(24-15)29-12-8-25(9-12)17(27)10-26-11-23-14-5-2-1-4-13(14)18(26)28/h1-7,11-12H,8-10H2. The summed E-state index contributed by atoms with van der Waals surface area (Å²) in [5.74, 6) is -0.451. The highest BCUT2D eigenvalue weighted by molar-refractivity contribution is 5.79. The van der Waals surface area contributed by atoms with Crippen LogP contribution in [0.2, 0.25) is 0 Å². The van der Waals surface area contributed by atoms with E-state index in [1.807, 2.05) is 0 Å². The molecule has 0 atom stereocenters. The second-order valence-electron chi connectivity index (χ2n) is 6.59. The van der Waals surface area contributed by atoms with Crippen molar-refractivity contribution in [2.75, 3.05) is 13.1 Å². The maximum Gasteiger partial charge on any atom is 0.433 e. The van der Waals surface area contributed by atoms with E-state index in [9.17, 15) is 22.8 Å². The molecule has 7 nitrogen and oxygen atoms in total. The minimum absolute atomic E-state index is 0.146. The van der Waals surface area contributed by atoms with E-state index in [0.29, 0.717) is 10.9 Å². The summed E-state index contributed by atoms with van der Waals surface area (Å²) in [6.45, 7) is 0.226. The minimum atomic E-state index is -4.55. The second-order valence-corrected chi connectivity index (χ2v) is 6.59. The van der Waals surface area contributed by atoms with E-state index in [1.54, 1.807) is 24.3 Å². The average molecular weight is 404 g/mol. The number of likely N-dealkylation sites (tertiary alicyclic amines) is 1. The molecule has 1 amide bonds. The van der Waals surface area contributed by atoms with Gasteiger partial charge in [0.15, 0.2) is 0 Å². The van der Waals surface area contributed by atoms with Crippen molar-refractivity contribution in [2.24, 2.45) is 0 Å². The zero-order chi connectivity index (χ0) is 20.6. The fourth-order valence-corrected chi connectivity index (χ4v) is 2.99. The summed E-state index contributed by atoms with van der Waals surface area (Å²) in [5.41, 5.74) is -0.803. The number of carbonyl (C=O) groups excluding carboxylic acids is 1. The number of halogens is 3. The Morgan fingerprint density at radius 1 is 1.14 bits per heavy atom. The van der Waals surface area contributed by atoms with Crippen LogP contribution in [0.3, 0.4) is 0 Å². The Balaban J connectivity index is 1.36. The van der Waals surface area contributed by atoms with Crippen LogP contribution < -0.4 is 10.3 Å². The molecule has 0 radical (unpaired) electrons. The number of hydrogen-bond donors (Lipinski definition) is 0. The Hall–Kier alpha value is -3.43. The first kappa shape index (κ1) is 18.9. The number of carbonyl (C=O) groups is 1. The molecule has 0 N–H and O–H groups in total. The summed E-state index contributed by atoms with van der Waals surface area (Å²) in [7, 11) is 0. The number of amides is 1. The summed E-state index contributed by atoms with van der Waals surface area (Å²) in [6, 6.07) is 10.2. The summed E-state index contributed by atoms with van der Waals surface area (Å²) in [4.78, 5) is 33.9. The maximum absolute atomic E-state index is 12.7. The zero-order valence-electron chi connectivity index (χ0n) is 15.0. The van der Waals surface area contributed by atoms with Gasteiger partial charge >= 0.3 is 6.18 Å². The van der Waals surface area contributed by atoms with Gasteiger partial charge in [0.25, 0.3) is 5.56 Å². The summed E-state index contributed by atoms with van der Waals surface area (Å²) >= 11 is 0. The first-order chi connectivity index (χ1) is 13.8. The van der Waals surface area contributed by atoms with Gasteiger partial charge in [0.05, 0.1) is 30.3 Å². The van der Waals surface area contributed by atoms with Crippen molar-refractivity contribution in [1.82, 2.24) is 19.4 Å². The molecule has 3 heterocycles. The van der Waals surface area contributed by atoms with E-state index in [1.165, 1.54) is 27.9 Å². The molecule has 3 aromatic rings. The van der Waals surface area contributed by atoms with Crippen LogP contribution in [0, 0.1) is 0 Å². The molecule has 0 unspecified atom stereocenters. The van der Waals surface area contributed by atoms with Crippen molar-refractivity contribution in [3.05, 3.63) is 64.8 Å². The molecule has 150 valence electrons. The molecule has 1 fully saturated rings. The van der Waals surface area contributed by atoms with Gasteiger partial charge in [0.2, 0.25) is 11.8 Å². The molecule has 10 heteroatoms. The minimum Gasteiger partial charge on any atom is -0.471 e. The molecule has 0 bridgehead atoms. The number of nitrogens with zero attached hydrogens (tertiary/aromatic N) is 4. The number of fused-ring (bicyclic) bond motifs is 1. The number of rotatable bonds is 4. The van der Waals surface area contributed by atoms with Crippen LogP contribution in [0.25, 0.3) is 10.9 Å². The SMILES string of the molecule is O=C(Cn1cnc2ccccc2c1=O)N1CC(Oc2cccc(C(F)(F)F)n2)C1. The fraction of sp³-hybridized carbons (Fsp3) is 0.263. The number of ether oxygens (including phenoxy) is 1. The Labute approximate surface area is 162 Å². The topological polar surface area (TPSA) is 77.3 Å². The van der Waals surface area contributed by atoms with Crippen molar-refractivity contribution in [1.29, 1.82) is 0 Å². The van der Waals surface area contributed by atoms with Gasteiger partial charge in [0.1, 0.15) is 18.3 Å². The quantitative estimate of drug-likeness (QED) is 0.666. The third kappa shape index (κ3) is 3.91. The van der Waals surface area contributed by atoms with Gasteiger partial charge in [-0.3, -0.25) is 14.2 Å². The average Bonchev–Trinajstić information content (AvgIpc) is 2.66. The van der Waals surface area contributed by atoms with Gasteiger partial charge in [-0.05, 0) is 18.2 Å². The predicted octanol–water partition coefficient (Wildman–Crippen LogP) is 2.10. The summed E-state index contributed by atoms with van der Waals surface area (Å²) < 4.78 is 44.7. The van der Waals surface area contributed by atoms with Gasteiger partial charge in [-0.15, -0.1) is 0 Å². The zero-order valence-corrected chi connectivity index (χ0v) is 15.0. The molecule has 0 aliphatic carbocycles. The van der Waals surface area contributed by atoms with Crippen molar-refractivity contribution >= 4 is 16.8 Å². The lowest BCUT2D eigenvalue weighted by Gasteiger charge is -2.38. The number of benzene rings is 1. The van der Waals surface area contributed by atoms with Gasteiger partial charge in [-0.2, -0.15) is 13.2 Å². The molecule has 4 rings (SSSR count). The molecule has 1 aliphatic heterocycles. The van der Waals surface area contributed by atoms with Crippen LogP contribution >= 0.6 is 0 Å². The number of pyridine rings is 1. The highest BCUT2D eigenvalue weighted by Gasteiger charge is 2.35. The first-order valence-corrected chi connectivity index (χ1v) is 8.74. The van der Waals surface area contributed by atoms with Crippen molar-refractivity contribution in [2.45, 2.75) is 18.8 Å². The monoisotopic (exact) mass is 404 g/mol. The molecular formula is C19H15F3N4O3. The fourth-order valence-electron chi connectivity index (χ4n) is 2.99. The van der Waals surface area contributed by atoms with Gasteiger partial charge in [-0.1, -0.05) is 18.2 Å².